The Morgan fingerprint density at radius 1 is 1.52 bits per heavy atom. The Balaban J connectivity index is 1.60. The van der Waals surface area contributed by atoms with Crippen molar-refractivity contribution in [3.63, 3.8) is 0 Å². The number of rotatable bonds is 5. The summed E-state index contributed by atoms with van der Waals surface area (Å²) in [5.41, 5.74) is 0. The number of halogens is 1. The second-order valence-electron chi connectivity index (χ2n) is 4.13. The Bertz CT molecular complexity index is 737. The largest absolute Gasteiger partial charge is 0.343 e. The molecule has 0 aliphatic heterocycles. The summed E-state index contributed by atoms with van der Waals surface area (Å²) >= 11 is 3.74. The summed E-state index contributed by atoms with van der Waals surface area (Å²) in [6.45, 7) is 0.816. The van der Waals surface area contributed by atoms with Gasteiger partial charge in [0.05, 0.1) is 16.3 Å². The number of hydrogen-bond donors (Lipinski definition) is 1. The molecule has 0 radical (unpaired) electrons. The third-order valence-electron chi connectivity index (χ3n) is 2.57. The highest BCUT2D eigenvalue weighted by molar-refractivity contribution is 14.1. The highest BCUT2D eigenvalue weighted by Crippen LogP contribution is 2.08. The molecule has 21 heavy (non-hydrogen) atoms. The summed E-state index contributed by atoms with van der Waals surface area (Å²) in [5.74, 6) is -0.00335. The fourth-order valence-corrected chi connectivity index (χ4v) is 2.73. The maximum Gasteiger partial charge on any atom is 0.316 e. The third-order valence-corrected chi connectivity index (χ3v) is 4.00. The lowest BCUT2D eigenvalue weighted by Crippen LogP contribution is -2.22. The number of aromatic nitrogens is 4. The minimum absolute atomic E-state index is 0.0385. The molecule has 0 saturated heterocycles. The first-order chi connectivity index (χ1) is 10.2. The van der Waals surface area contributed by atoms with Crippen molar-refractivity contribution in [2.45, 2.75) is 13.1 Å². The first-order valence-electron chi connectivity index (χ1n) is 6.02. The van der Waals surface area contributed by atoms with E-state index in [-0.39, 0.29) is 11.8 Å². The van der Waals surface area contributed by atoms with Gasteiger partial charge in [0.2, 0.25) is 0 Å². The molecule has 108 valence electrons. The Kier molecular flexibility index (Phi) is 4.29. The van der Waals surface area contributed by atoms with E-state index < -0.39 is 0 Å². The molecule has 0 aromatic carbocycles. The number of nitrogens with zero attached hydrogens (tertiary/aromatic N) is 4. The summed E-state index contributed by atoms with van der Waals surface area (Å²) in [5, 5.41) is 12.6. The Morgan fingerprint density at radius 3 is 3.14 bits per heavy atom. The summed E-state index contributed by atoms with van der Waals surface area (Å²) in [6.07, 6.45) is 3.59. The van der Waals surface area contributed by atoms with Crippen LogP contribution in [-0.4, -0.2) is 25.8 Å². The second-order valence-corrected chi connectivity index (χ2v) is 6.41. The van der Waals surface area contributed by atoms with Crippen LogP contribution in [0.15, 0.2) is 34.4 Å². The van der Waals surface area contributed by atoms with Crippen molar-refractivity contribution in [2.75, 3.05) is 0 Å². The molecule has 7 nitrogen and oxygen atoms in total. The van der Waals surface area contributed by atoms with Gasteiger partial charge in [0, 0.05) is 11.1 Å². The topological polar surface area (TPSA) is 85.8 Å². The van der Waals surface area contributed by atoms with E-state index in [1.807, 2.05) is 23.7 Å². The van der Waals surface area contributed by atoms with Gasteiger partial charge in [0.1, 0.15) is 6.54 Å². The monoisotopic (exact) mass is 415 g/mol. The van der Waals surface area contributed by atoms with Crippen LogP contribution in [0.4, 0.5) is 0 Å². The number of hydrogen-bond acceptors (Lipinski definition) is 6. The molecule has 9 heteroatoms. The first kappa shape index (κ1) is 14.2. The van der Waals surface area contributed by atoms with E-state index in [1.54, 1.807) is 22.2 Å². The van der Waals surface area contributed by atoms with Crippen LogP contribution < -0.4 is 5.32 Å². The van der Waals surface area contributed by atoms with Gasteiger partial charge in [-0.1, -0.05) is 11.2 Å². The summed E-state index contributed by atoms with van der Waals surface area (Å²) < 4.78 is 7.66. The molecule has 0 aliphatic rings. The number of amides is 1. The van der Waals surface area contributed by atoms with Gasteiger partial charge in [-0.05, 0) is 34.0 Å². The molecular weight excluding hydrogens is 405 g/mol. The normalized spacial score (nSPS) is 10.7. The van der Waals surface area contributed by atoms with Gasteiger partial charge in [0.25, 0.3) is 0 Å². The van der Waals surface area contributed by atoms with Crippen LogP contribution in [0.5, 0.6) is 0 Å². The standard InChI is InChI=1S/C12H10IN5O2S/c13-8-4-15-18(6-8)7-10-16-12(20-17-10)11(19)14-5-9-2-1-3-21-9/h1-4,6H,5,7H2,(H,14,19). The highest BCUT2D eigenvalue weighted by Gasteiger charge is 2.15. The van der Waals surface area contributed by atoms with E-state index >= 15 is 0 Å². The van der Waals surface area contributed by atoms with E-state index in [0.717, 1.165) is 8.45 Å². The molecule has 3 aromatic heterocycles. The average molecular weight is 415 g/mol. The van der Waals surface area contributed by atoms with Gasteiger partial charge in [-0.25, -0.2) is 0 Å². The predicted molar refractivity (Wildman–Crippen MR) is 83.8 cm³/mol. The zero-order valence-corrected chi connectivity index (χ0v) is 13.7. The fourth-order valence-electron chi connectivity index (χ4n) is 1.64. The van der Waals surface area contributed by atoms with Crippen LogP contribution >= 0.6 is 33.9 Å². The van der Waals surface area contributed by atoms with Gasteiger partial charge in [-0.15, -0.1) is 11.3 Å². The number of carbonyl (C=O) groups excluding carboxylic acids is 1. The average Bonchev–Trinajstić information content (AvgIpc) is 3.19. The molecule has 0 aliphatic carbocycles. The molecule has 0 bridgehead atoms. The van der Waals surface area contributed by atoms with Gasteiger partial charge in [-0.3, -0.25) is 9.48 Å². The number of thiophene rings is 1. The molecule has 0 atom stereocenters. The smallest absolute Gasteiger partial charge is 0.316 e. The zero-order chi connectivity index (χ0) is 14.7. The summed E-state index contributed by atoms with van der Waals surface area (Å²) in [7, 11) is 0. The lowest BCUT2D eigenvalue weighted by molar-refractivity contribution is 0.0907. The van der Waals surface area contributed by atoms with Crippen LogP contribution in [-0.2, 0) is 13.1 Å². The quantitative estimate of drug-likeness (QED) is 0.644. The van der Waals surface area contributed by atoms with E-state index in [9.17, 15) is 4.79 Å². The maximum absolute atomic E-state index is 11.9. The minimum Gasteiger partial charge on any atom is -0.343 e. The van der Waals surface area contributed by atoms with Gasteiger partial charge in [-0.2, -0.15) is 10.1 Å². The van der Waals surface area contributed by atoms with Crippen LogP contribution in [0.25, 0.3) is 0 Å². The highest BCUT2D eigenvalue weighted by atomic mass is 127. The molecule has 0 unspecified atom stereocenters. The van der Waals surface area contributed by atoms with Crippen molar-refractivity contribution >= 4 is 39.8 Å². The van der Waals surface area contributed by atoms with Crippen LogP contribution in [0, 0.1) is 3.57 Å². The molecule has 0 saturated carbocycles. The Labute approximate surface area is 137 Å². The van der Waals surface area contributed by atoms with Gasteiger partial charge < -0.3 is 9.84 Å². The second kappa shape index (κ2) is 6.35. The maximum atomic E-state index is 11.9. The molecule has 3 heterocycles. The van der Waals surface area contributed by atoms with Crippen molar-refractivity contribution in [1.29, 1.82) is 0 Å². The van der Waals surface area contributed by atoms with Crippen molar-refractivity contribution in [2.24, 2.45) is 0 Å². The number of carbonyl (C=O) groups is 1. The lowest BCUT2D eigenvalue weighted by Gasteiger charge is -1.98. The van der Waals surface area contributed by atoms with Gasteiger partial charge >= 0.3 is 11.8 Å². The molecular formula is C12H10IN5O2S. The van der Waals surface area contributed by atoms with Crippen molar-refractivity contribution in [3.8, 4) is 0 Å². The minimum atomic E-state index is -0.378. The first-order valence-corrected chi connectivity index (χ1v) is 7.97. The van der Waals surface area contributed by atoms with Crippen LogP contribution in [0.2, 0.25) is 0 Å². The SMILES string of the molecule is O=C(NCc1cccs1)c1nc(Cn2cc(I)cn2)no1. The molecule has 0 spiro atoms. The zero-order valence-electron chi connectivity index (χ0n) is 10.7. The molecule has 1 amide bonds. The molecule has 3 aromatic rings. The van der Waals surface area contributed by atoms with Gasteiger partial charge in [0.15, 0.2) is 5.82 Å². The van der Waals surface area contributed by atoms with E-state index in [0.29, 0.717) is 18.9 Å². The summed E-state index contributed by atoms with van der Waals surface area (Å²) in [6, 6.07) is 3.88. The van der Waals surface area contributed by atoms with Crippen molar-refractivity contribution < 1.29 is 9.32 Å². The predicted octanol–water partition coefficient (Wildman–Crippen LogP) is 1.91. The van der Waals surface area contributed by atoms with E-state index in [2.05, 4.69) is 43.1 Å². The van der Waals surface area contributed by atoms with Crippen LogP contribution in [0.3, 0.4) is 0 Å². The van der Waals surface area contributed by atoms with Crippen molar-refractivity contribution in [3.05, 3.63) is 50.1 Å². The molecule has 0 fully saturated rings. The Hall–Kier alpha value is -1.75. The molecule has 3 rings (SSSR count). The molecule has 1 N–H and O–H groups in total. The third kappa shape index (κ3) is 3.67. The fraction of sp³-hybridized carbons (Fsp3) is 0.167. The van der Waals surface area contributed by atoms with Crippen LogP contribution in [0.1, 0.15) is 21.4 Å². The summed E-state index contributed by atoms with van der Waals surface area (Å²) in [4.78, 5) is 17.0. The van der Waals surface area contributed by atoms with E-state index in [4.69, 9.17) is 4.52 Å². The lowest BCUT2D eigenvalue weighted by atomic mass is 10.4. The van der Waals surface area contributed by atoms with E-state index in [1.165, 1.54) is 0 Å². The Morgan fingerprint density at radius 2 is 2.43 bits per heavy atom. The van der Waals surface area contributed by atoms with Crippen molar-refractivity contribution in [1.82, 2.24) is 25.2 Å². The number of nitrogens with one attached hydrogen (secondary N) is 1.